The Morgan fingerprint density at radius 1 is 1.26 bits per heavy atom. The van der Waals surface area contributed by atoms with Crippen LogP contribution in [0.25, 0.3) is 5.52 Å². The maximum atomic E-state index is 12.8. The Hall–Kier alpha value is -2.73. The number of nitrogens with zero attached hydrogens (tertiary/aromatic N) is 3. The van der Waals surface area contributed by atoms with Crippen molar-refractivity contribution < 1.29 is 14.3 Å². The van der Waals surface area contributed by atoms with Crippen LogP contribution in [-0.2, 0) is 11.2 Å². The summed E-state index contributed by atoms with van der Waals surface area (Å²) in [7, 11) is 1.65. The summed E-state index contributed by atoms with van der Waals surface area (Å²) < 4.78 is 13.4. The van der Waals surface area contributed by atoms with E-state index in [0.717, 1.165) is 28.8 Å². The van der Waals surface area contributed by atoms with E-state index in [2.05, 4.69) is 18.9 Å². The van der Waals surface area contributed by atoms with E-state index in [9.17, 15) is 4.79 Å². The first-order valence-electron chi connectivity index (χ1n) is 10.7. The highest BCUT2D eigenvalue weighted by Gasteiger charge is 2.37. The molecule has 1 amide bonds. The van der Waals surface area contributed by atoms with Gasteiger partial charge in [0, 0.05) is 36.7 Å². The third-order valence-corrected chi connectivity index (χ3v) is 6.44. The van der Waals surface area contributed by atoms with Crippen LogP contribution in [0.15, 0.2) is 42.7 Å². The number of benzene rings is 1. The fourth-order valence-electron chi connectivity index (χ4n) is 4.27. The van der Waals surface area contributed by atoms with Gasteiger partial charge < -0.3 is 14.4 Å². The summed E-state index contributed by atoms with van der Waals surface area (Å²) in [5, 5.41) is 4.96. The first-order chi connectivity index (χ1) is 14.9. The molecule has 0 aliphatic carbocycles. The van der Waals surface area contributed by atoms with E-state index in [1.165, 1.54) is 0 Å². The molecule has 0 spiro atoms. The molecule has 1 fully saturated rings. The Morgan fingerprint density at radius 2 is 2.00 bits per heavy atom. The molecule has 0 bridgehead atoms. The standard InChI is InChI=1S/C24H28ClN3O3/c1-5-17-12-26-28-14-20(25)11-22(24(17)28)31-16(3)19-10-23(29)27(13-19)15(2)18-6-8-21(30-4)9-7-18/h6-9,11-12,14-16,19H,5,10,13H2,1-4H3. The average molecular weight is 442 g/mol. The number of carbonyl (C=O) groups excluding carboxylic acids is 1. The van der Waals surface area contributed by atoms with Gasteiger partial charge in [0.25, 0.3) is 0 Å². The fourth-order valence-corrected chi connectivity index (χ4v) is 4.46. The Balaban J connectivity index is 1.50. The zero-order valence-electron chi connectivity index (χ0n) is 18.3. The van der Waals surface area contributed by atoms with Crippen molar-refractivity contribution in [2.75, 3.05) is 13.7 Å². The lowest BCUT2D eigenvalue weighted by Gasteiger charge is -2.27. The number of aromatic nitrogens is 2. The molecule has 3 aromatic rings. The number of ether oxygens (including phenoxy) is 2. The molecule has 1 aliphatic rings. The average Bonchev–Trinajstić information content (AvgIpc) is 3.36. The van der Waals surface area contributed by atoms with Crippen molar-refractivity contribution in [3.63, 3.8) is 0 Å². The molecule has 4 rings (SSSR count). The molecule has 31 heavy (non-hydrogen) atoms. The number of carbonyl (C=O) groups is 1. The van der Waals surface area contributed by atoms with Crippen LogP contribution in [0.5, 0.6) is 11.5 Å². The second-order valence-corrected chi connectivity index (χ2v) is 8.56. The zero-order chi connectivity index (χ0) is 22.1. The van der Waals surface area contributed by atoms with Crippen molar-refractivity contribution in [2.24, 2.45) is 5.92 Å². The van der Waals surface area contributed by atoms with Gasteiger partial charge in [-0.1, -0.05) is 30.7 Å². The largest absolute Gasteiger partial charge is 0.497 e. The highest BCUT2D eigenvalue weighted by atomic mass is 35.5. The maximum Gasteiger partial charge on any atom is 0.223 e. The minimum Gasteiger partial charge on any atom is -0.497 e. The van der Waals surface area contributed by atoms with Gasteiger partial charge in [0.15, 0.2) is 0 Å². The lowest BCUT2D eigenvalue weighted by molar-refractivity contribution is -0.129. The van der Waals surface area contributed by atoms with Crippen LogP contribution in [0.2, 0.25) is 5.02 Å². The Labute approximate surface area is 187 Å². The van der Waals surface area contributed by atoms with Gasteiger partial charge in [0.05, 0.1) is 24.4 Å². The van der Waals surface area contributed by atoms with Gasteiger partial charge in [0.1, 0.15) is 23.1 Å². The topological polar surface area (TPSA) is 56.1 Å². The number of hydrogen-bond donors (Lipinski definition) is 0. The molecule has 1 saturated heterocycles. The molecule has 2 aromatic heterocycles. The third kappa shape index (κ3) is 4.22. The molecule has 3 unspecified atom stereocenters. The summed E-state index contributed by atoms with van der Waals surface area (Å²) in [5.41, 5.74) is 3.13. The monoisotopic (exact) mass is 441 g/mol. The van der Waals surface area contributed by atoms with Crippen molar-refractivity contribution in [1.82, 2.24) is 14.5 Å². The van der Waals surface area contributed by atoms with Gasteiger partial charge in [0.2, 0.25) is 5.91 Å². The van der Waals surface area contributed by atoms with Gasteiger partial charge in [-0.3, -0.25) is 4.79 Å². The Kier molecular flexibility index (Phi) is 6.10. The van der Waals surface area contributed by atoms with Crippen LogP contribution < -0.4 is 9.47 Å². The lowest BCUT2D eigenvalue weighted by atomic mass is 10.0. The smallest absolute Gasteiger partial charge is 0.223 e. The van der Waals surface area contributed by atoms with Crippen LogP contribution in [-0.4, -0.2) is 40.2 Å². The van der Waals surface area contributed by atoms with E-state index >= 15 is 0 Å². The SMILES string of the molecule is CCc1cnn2cc(Cl)cc(OC(C)C3CC(=O)N(C(C)c4ccc(OC)cc4)C3)c12. The molecular weight excluding hydrogens is 414 g/mol. The number of pyridine rings is 1. The maximum absolute atomic E-state index is 12.8. The van der Waals surface area contributed by atoms with Crippen molar-refractivity contribution in [1.29, 1.82) is 0 Å². The van der Waals surface area contributed by atoms with Gasteiger partial charge in [-0.25, -0.2) is 4.52 Å². The van der Waals surface area contributed by atoms with Crippen molar-refractivity contribution in [2.45, 2.75) is 45.8 Å². The highest BCUT2D eigenvalue weighted by molar-refractivity contribution is 6.30. The molecule has 0 saturated carbocycles. The van der Waals surface area contributed by atoms with Crippen molar-refractivity contribution >= 4 is 23.0 Å². The molecule has 3 heterocycles. The number of likely N-dealkylation sites (tertiary alicyclic amines) is 1. The van der Waals surface area contributed by atoms with Gasteiger partial charge >= 0.3 is 0 Å². The molecule has 0 N–H and O–H groups in total. The van der Waals surface area contributed by atoms with E-state index in [1.807, 2.05) is 48.4 Å². The second-order valence-electron chi connectivity index (χ2n) is 8.12. The minimum absolute atomic E-state index is 0.00462. The van der Waals surface area contributed by atoms with Crippen LogP contribution in [0.1, 0.15) is 44.4 Å². The van der Waals surface area contributed by atoms with Gasteiger partial charge in [-0.05, 0) is 38.0 Å². The molecule has 3 atom stereocenters. The molecule has 1 aliphatic heterocycles. The zero-order valence-corrected chi connectivity index (χ0v) is 19.1. The molecule has 164 valence electrons. The number of rotatable bonds is 7. The van der Waals surface area contributed by atoms with Crippen LogP contribution in [0, 0.1) is 5.92 Å². The summed E-state index contributed by atoms with van der Waals surface area (Å²) in [6.45, 7) is 6.84. The second kappa shape index (κ2) is 8.79. The first kappa shape index (κ1) is 21.5. The number of aryl methyl sites for hydroxylation is 1. The summed E-state index contributed by atoms with van der Waals surface area (Å²) >= 11 is 6.28. The quantitative estimate of drug-likeness (QED) is 0.521. The van der Waals surface area contributed by atoms with E-state index in [4.69, 9.17) is 21.1 Å². The minimum atomic E-state index is -0.140. The number of fused-ring (bicyclic) bond motifs is 1. The predicted molar refractivity (Wildman–Crippen MR) is 121 cm³/mol. The van der Waals surface area contributed by atoms with Crippen LogP contribution >= 0.6 is 11.6 Å². The van der Waals surface area contributed by atoms with Gasteiger partial charge in [-0.15, -0.1) is 0 Å². The van der Waals surface area contributed by atoms with E-state index in [1.54, 1.807) is 17.8 Å². The number of amides is 1. The Bertz CT molecular complexity index is 1080. The molecule has 1 aromatic carbocycles. The summed E-state index contributed by atoms with van der Waals surface area (Å²) in [5.74, 6) is 1.77. The number of hydrogen-bond acceptors (Lipinski definition) is 4. The van der Waals surface area contributed by atoms with E-state index in [0.29, 0.717) is 23.7 Å². The number of methoxy groups -OCH3 is 1. The molecule has 7 heteroatoms. The summed E-state index contributed by atoms with van der Waals surface area (Å²) in [6, 6.07) is 9.71. The highest BCUT2D eigenvalue weighted by Crippen LogP contribution is 2.34. The predicted octanol–water partition coefficient (Wildman–Crippen LogP) is 4.94. The fraction of sp³-hybridized carbons (Fsp3) is 0.417. The van der Waals surface area contributed by atoms with Crippen LogP contribution in [0.3, 0.4) is 0 Å². The molecule has 6 nitrogen and oxygen atoms in total. The Morgan fingerprint density at radius 3 is 2.68 bits per heavy atom. The van der Waals surface area contributed by atoms with Crippen molar-refractivity contribution in [3.05, 3.63) is 58.9 Å². The van der Waals surface area contributed by atoms with Gasteiger partial charge in [-0.2, -0.15) is 5.10 Å². The van der Waals surface area contributed by atoms with E-state index < -0.39 is 0 Å². The summed E-state index contributed by atoms with van der Waals surface area (Å²) in [6.07, 6.45) is 4.81. The van der Waals surface area contributed by atoms with E-state index in [-0.39, 0.29) is 24.0 Å². The molecular formula is C24H28ClN3O3. The summed E-state index contributed by atoms with van der Waals surface area (Å²) in [4.78, 5) is 14.8. The number of halogens is 1. The van der Waals surface area contributed by atoms with Crippen molar-refractivity contribution in [3.8, 4) is 11.5 Å². The lowest BCUT2D eigenvalue weighted by Crippen LogP contribution is -2.31. The molecule has 0 radical (unpaired) electrons. The first-order valence-corrected chi connectivity index (χ1v) is 11.0. The normalized spacial score (nSPS) is 18.4. The van der Waals surface area contributed by atoms with Crippen LogP contribution in [0.4, 0.5) is 0 Å². The third-order valence-electron chi connectivity index (χ3n) is 6.23.